The van der Waals surface area contributed by atoms with Crippen LogP contribution >= 0.6 is 0 Å². The molecule has 0 N–H and O–H groups in total. The van der Waals surface area contributed by atoms with Crippen molar-refractivity contribution in [3.05, 3.63) is 29.3 Å². The minimum Gasteiger partial charge on any atom is -0.494 e. The molecule has 0 aliphatic carbocycles. The molecule has 0 saturated heterocycles. The quantitative estimate of drug-likeness (QED) is 0.712. The van der Waals surface area contributed by atoms with E-state index in [-0.39, 0.29) is 5.97 Å². The Hall–Kier alpha value is -1.51. The average molecular weight is 236 g/mol. The SMILES string of the molecule is CCOC(=O)CCc1cccc(OCC)c1C. The summed E-state index contributed by atoms with van der Waals surface area (Å²) in [6.07, 6.45) is 1.12. The van der Waals surface area contributed by atoms with Crippen molar-refractivity contribution in [2.24, 2.45) is 0 Å². The summed E-state index contributed by atoms with van der Waals surface area (Å²) < 4.78 is 10.4. The fraction of sp³-hybridized carbons (Fsp3) is 0.500. The van der Waals surface area contributed by atoms with E-state index in [9.17, 15) is 4.79 Å². The van der Waals surface area contributed by atoms with Crippen LogP contribution in [0.2, 0.25) is 0 Å². The number of esters is 1. The van der Waals surface area contributed by atoms with Crippen molar-refractivity contribution in [3.63, 3.8) is 0 Å². The minimum absolute atomic E-state index is 0.145. The molecule has 0 saturated carbocycles. The maximum atomic E-state index is 11.3. The average Bonchev–Trinajstić information content (AvgIpc) is 2.31. The summed E-state index contributed by atoms with van der Waals surface area (Å²) in [5.41, 5.74) is 2.25. The molecule has 1 aromatic carbocycles. The molecule has 17 heavy (non-hydrogen) atoms. The largest absolute Gasteiger partial charge is 0.494 e. The van der Waals surface area contributed by atoms with E-state index >= 15 is 0 Å². The van der Waals surface area contributed by atoms with E-state index in [1.54, 1.807) is 0 Å². The lowest BCUT2D eigenvalue weighted by atomic mass is 10.0. The Labute approximate surface area is 103 Å². The zero-order chi connectivity index (χ0) is 12.7. The monoisotopic (exact) mass is 236 g/mol. The number of hydrogen-bond acceptors (Lipinski definition) is 3. The third-order valence-electron chi connectivity index (χ3n) is 2.60. The van der Waals surface area contributed by atoms with Crippen molar-refractivity contribution in [1.29, 1.82) is 0 Å². The van der Waals surface area contributed by atoms with E-state index in [0.29, 0.717) is 26.1 Å². The van der Waals surface area contributed by atoms with Gasteiger partial charge in [-0.25, -0.2) is 0 Å². The highest BCUT2D eigenvalue weighted by molar-refractivity contribution is 5.69. The topological polar surface area (TPSA) is 35.5 Å². The molecule has 0 bridgehead atoms. The fourth-order valence-corrected chi connectivity index (χ4v) is 1.71. The van der Waals surface area contributed by atoms with Gasteiger partial charge in [-0.2, -0.15) is 0 Å². The number of rotatable bonds is 6. The van der Waals surface area contributed by atoms with Crippen LogP contribution in [0.5, 0.6) is 5.75 Å². The third kappa shape index (κ3) is 4.10. The van der Waals surface area contributed by atoms with Gasteiger partial charge in [0.2, 0.25) is 0 Å². The van der Waals surface area contributed by atoms with Crippen LogP contribution in [0, 0.1) is 6.92 Å². The zero-order valence-electron chi connectivity index (χ0n) is 10.8. The van der Waals surface area contributed by atoms with Gasteiger partial charge in [-0.1, -0.05) is 12.1 Å². The first kappa shape index (κ1) is 13.6. The van der Waals surface area contributed by atoms with Crippen LogP contribution in [0.4, 0.5) is 0 Å². The van der Waals surface area contributed by atoms with E-state index in [1.807, 2.05) is 39.0 Å². The van der Waals surface area contributed by atoms with Crippen molar-refractivity contribution < 1.29 is 14.3 Å². The van der Waals surface area contributed by atoms with Gasteiger partial charge in [-0.3, -0.25) is 4.79 Å². The molecule has 0 aliphatic rings. The van der Waals surface area contributed by atoms with Gasteiger partial charge in [0.05, 0.1) is 13.2 Å². The number of benzene rings is 1. The Bertz CT molecular complexity index is 372. The van der Waals surface area contributed by atoms with Crippen LogP contribution in [0.3, 0.4) is 0 Å². The van der Waals surface area contributed by atoms with Crippen LogP contribution in [-0.2, 0) is 16.0 Å². The molecule has 3 nitrogen and oxygen atoms in total. The Morgan fingerprint density at radius 1 is 1.24 bits per heavy atom. The van der Waals surface area contributed by atoms with Crippen molar-refractivity contribution in [3.8, 4) is 5.75 Å². The van der Waals surface area contributed by atoms with Gasteiger partial charge in [0.25, 0.3) is 0 Å². The number of carbonyl (C=O) groups excluding carboxylic acids is 1. The van der Waals surface area contributed by atoms with E-state index < -0.39 is 0 Å². The first-order chi connectivity index (χ1) is 8.19. The number of ether oxygens (including phenoxy) is 2. The molecule has 1 rings (SSSR count). The summed E-state index contributed by atoms with van der Waals surface area (Å²) in [5.74, 6) is 0.752. The van der Waals surface area contributed by atoms with Crippen LogP contribution in [-0.4, -0.2) is 19.2 Å². The van der Waals surface area contributed by atoms with Crippen LogP contribution in [0.15, 0.2) is 18.2 Å². The van der Waals surface area contributed by atoms with Gasteiger partial charge in [0, 0.05) is 6.42 Å². The van der Waals surface area contributed by atoms with Crippen LogP contribution in [0.25, 0.3) is 0 Å². The van der Waals surface area contributed by atoms with Crippen molar-refractivity contribution in [1.82, 2.24) is 0 Å². The summed E-state index contributed by atoms with van der Waals surface area (Å²) in [6, 6.07) is 5.93. The van der Waals surface area contributed by atoms with Crippen LogP contribution in [0.1, 0.15) is 31.4 Å². The summed E-state index contributed by atoms with van der Waals surface area (Å²) >= 11 is 0. The highest BCUT2D eigenvalue weighted by Crippen LogP contribution is 2.22. The second-order valence-electron chi connectivity index (χ2n) is 3.78. The van der Waals surface area contributed by atoms with Gasteiger partial charge in [0.15, 0.2) is 0 Å². The number of hydrogen-bond donors (Lipinski definition) is 0. The Morgan fingerprint density at radius 3 is 2.65 bits per heavy atom. The number of carbonyl (C=O) groups is 1. The normalized spacial score (nSPS) is 10.1. The maximum Gasteiger partial charge on any atom is 0.306 e. The Balaban J connectivity index is 2.64. The molecular weight excluding hydrogens is 216 g/mol. The van der Waals surface area contributed by atoms with Crippen LogP contribution < -0.4 is 4.74 Å². The third-order valence-corrected chi connectivity index (χ3v) is 2.60. The zero-order valence-corrected chi connectivity index (χ0v) is 10.8. The Morgan fingerprint density at radius 2 is 2.00 bits per heavy atom. The highest BCUT2D eigenvalue weighted by Gasteiger charge is 2.07. The van der Waals surface area contributed by atoms with Crippen molar-refractivity contribution in [2.45, 2.75) is 33.6 Å². The lowest BCUT2D eigenvalue weighted by Crippen LogP contribution is -2.06. The molecule has 0 atom stereocenters. The molecule has 0 radical (unpaired) electrons. The molecule has 1 aromatic rings. The molecule has 0 fully saturated rings. The van der Waals surface area contributed by atoms with Crippen molar-refractivity contribution in [2.75, 3.05) is 13.2 Å². The second kappa shape index (κ2) is 6.94. The molecule has 3 heteroatoms. The lowest BCUT2D eigenvalue weighted by Gasteiger charge is -2.11. The molecule has 0 spiro atoms. The molecule has 0 aliphatic heterocycles. The number of aryl methyl sites for hydroxylation is 1. The van der Waals surface area contributed by atoms with Crippen molar-refractivity contribution >= 4 is 5.97 Å². The van der Waals surface area contributed by atoms with Gasteiger partial charge >= 0.3 is 5.97 Å². The fourth-order valence-electron chi connectivity index (χ4n) is 1.71. The van der Waals surface area contributed by atoms with E-state index in [2.05, 4.69) is 0 Å². The van der Waals surface area contributed by atoms with E-state index in [1.165, 1.54) is 0 Å². The summed E-state index contributed by atoms with van der Waals surface area (Å²) in [5, 5.41) is 0. The molecular formula is C14H20O3. The summed E-state index contributed by atoms with van der Waals surface area (Å²) in [7, 11) is 0. The maximum absolute atomic E-state index is 11.3. The Kier molecular flexibility index (Phi) is 5.53. The summed E-state index contributed by atoms with van der Waals surface area (Å²) in [4.78, 5) is 11.3. The standard InChI is InChI=1S/C14H20O3/c1-4-16-13-8-6-7-12(11(13)3)9-10-14(15)17-5-2/h6-8H,4-5,9-10H2,1-3H3. The molecule has 0 unspecified atom stereocenters. The van der Waals surface area contributed by atoms with E-state index in [4.69, 9.17) is 9.47 Å². The molecule has 0 amide bonds. The van der Waals surface area contributed by atoms with Gasteiger partial charge in [-0.15, -0.1) is 0 Å². The molecule has 94 valence electrons. The van der Waals surface area contributed by atoms with E-state index in [0.717, 1.165) is 16.9 Å². The summed E-state index contributed by atoms with van der Waals surface area (Å²) in [6.45, 7) is 6.90. The lowest BCUT2D eigenvalue weighted by molar-refractivity contribution is -0.143. The smallest absolute Gasteiger partial charge is 0.306 e. The molecule has 0 heterocycles. The minimum atomic E-state index is -0.145. The first-order valence-electron chi connectivity index (χ1n) is 6.06. The predicted molar refractivity (Wildman–Crippen MR) is 67.3 cm³/mol. The van der Waals surface area contributed by atoms with Gasteiger partial charge in [0.1, 0.15) is 5.75 Å². The highest BCUT2D eigenvalue weighted by atomic mass is 16.5. The molecule has 0 aromatic heterocycles. The second-order valence-corrected chi connectivity index (χ2v) is 3.78. The van der Waals surface area contributed by atoms with Gasteiger partial charge < -0.3 is 9.47 Å². The van der Waals surface area contributed by atoms with Gasteiger partial charge in [-0.05, 0) is 44.4 Å². The predicted octanol–water partition coefficient (Wildman–Crippen LogP) is 2.89. The first-order valence-corrected chi connectivity index (χ1v) is 6.06.